The number of fused-ring (bicyclic) bond motifs is 1. The van der Waals surface area contributed by atoms with Crippen LogP contribution in [0, 0.1) is 5.92 Å². The minimum atomic E-state index is -2.57. The van der Waals surface area contributed by atoms with E-state index in [1.54, 1.807) is 38.8 Å². The van der Waals surface area contributed by atoms with E-state index in [1.807, 2.05) is 51.1 Å². The first-order valence-electron chi connectivity index (χ1n) is 16.3. The summed E-state index contributed by atoms with van der Waals surface area (Å²) >= 11 is 0. The van der Waals surface area contributed by atoms with Gasteiger partial charge in [0.15, 0.2) is 5.65 Å². The molecule has 2 aliphatic rings. The average molecular weight is 662 g/mol. The summed E-state index contributed by atoms with van der Waals surface area (Å²) in [5.74, 6) is -0.535. The van der Waals surface area contributed by atoms with Gasteiger partial charge in [0.05, 0.1) is 17.5 Å². The summed E-state index contributed by atoms with van der Waals surface area (Å²) in [4.78, 5) is 48.3. The van der Waals surface area contributed by atoms with Gasteiger partial charge in [-0.15, -0.1) is 0 Å². The van der Waals surface area contributed by atoms with Crippen LogP contribution in [0.5, 0.6) is 0 Å². The lowest BCUT2D eigenvalue weighted by Gasteiger charge is -2.43. The number of benzene rings is 2. The van der Waals surface area contributed by atoms with Crippen LogP contribution in [0.15, 0.2) is 78.0 Å². The molecule has 2 fully saturated rings. The van der Waals surface area contributed by atoms with Gasteiger partial charge in [-0.1, -0.05) is 42.5 Å². The summed E-state index contributed by atoms with van der Waals surface area (Å²) in [5, 5.41) is 11.9. The molecule has 6 rings (SSSR count). The molecule has 12 heteroatoms. The fraction of sp³-hybridized carbons (Fsp3) is 0.444. The van der Waals surface area contributed by atoms with Crippen LogP contribution in [0.2, 0.25) is 0 Å². The molecule has 2 amide bonds. The third kappa shape index (κ3) is 6.99. The number of aliphatic hydroxyl groups is 1. The number of carbonyl (C=O) groups excluding carboxylic acids is 2. The van der Waals surface area contributed by atoms with E-state index < -0.39 is 17.6 Å². The zero-order valence-corrected chi connectivity index (χ0v) is 27.4. The van der Waals surface area contributed by atoms with Gasteiger partial charge in [0.1, 0.15) is 11.9 Å². The number of hydrogen-bond acceptors (Lipinski definition) is 6. The van der Waals surface area contributed by atoms with E-state index in [9.17, 15) is 28.3 Å². The second-order valence-corrected chi connectivity index (χ2v) is 13.9. The molecule has 0 unspecified atom stereocenters. The highest BCUT2D eigenvalue weighted by molar-refractivity contribution is 5.81. The molecule has 48 heavy (non-hydrogen) atoms. The number of rotatable bonds is 6. The van der Waals surface area contributed by atoms with Crippen molar-refractivity contribution in [2.75, 3.05) is 26.2 Å². The second-order valence-electron chi connectivity index (χ2n) is 13.9. The number of piperidine rings is 2. The van der Waals surface area contributed by atoms with E-state index in [0.717, 1.165) is 5.56 Å². The Morgan fingerprint density at radius 1 is 1.00 bits per heavy atom. The highest BCUT2D eigenvalue weighted by atomic mass is 19.3. The summed E-state index contributed by atoms with van der Waals surface area (Å²) in [6.45, 7) is 6.96. The molecule has 2 saturated heterocycles. The van der Waals surface area contributed by atoms with Gasteiger partial charge in [-0.2, -0.15) is 0 Å². The van der Waals surface area contributed by atoms with Crippen molar-refractivity contribution in [1.29, 1.82) is 0 Å². The lowest BCUT2D eigenvalue weighted by molar-refractivity contribution is -0.142. The second kappa shape index (κ2) is 13.1. The molecule has 0 radical (unpaired) electrons. The van der Waals surface area contributed by atoms with Crippen LogP contribution >= 0.6 is 0 Å². The van der Waals surface area contributed by atoms with E-state index in [4.69, 9.17) is 4.74 Å². The van der Waals surface area contributed by atoms with Gasteiger partial charge in [-0.05, 0) is 63.8 Å². The normalized spacial score (nSPS) is 19.9. The van der Waals surface area contributed by atoms with E-state index in [-0.39, 0.29) is 54.3 Å². The Hall–Kier alpha value is -4.58. The van der Waals surface area contributed by atoms with E-state index in [1.165, 1.54) is 23.0 Å². The fourth-order valence-electron chi connectivity index (χ4n) is 6.79. The van der Waals surface area contributed by atoms with Crippen molar-refractivity contribution >= 4 is 23.0 Å². The van der Waals surface area contributed by atoms with Gasteiger partial charge in [-0.3, -0.25) is 14.2 Å². The smallest absolute Gasteiger partial charge is 0.410 e. The maximum absolute atomic E-state index is 14.0. The standard InChI is InChI=1S/C36H41F2N5O5/c1-35(2,3)48-34(46)41-17-13-27(29(21-41)24-7-5-4-6-8-24)32(44)40-19-15-36(47,16-20-40)22-42-23-39-31-28(33(42)45)14-18-43(31)26-11-9-25(10-12-26)30(37)38/h4-12,14,18,23,27,29-30,47H,13,15-17,19-22H2,1-3H3/t27-,29+/m1/s1. The fourth-order valence-corrected chi connectivity index (χ4v) is 6.79. The topological polar surface area (TPSA) is 110 Å². The molecular weight excluding hydrogens is 620 g/mol. The van der Waals surface area contributed by atoms with Gasteiger partial charge < -0.3 is 24.2 Å². The summed E-state index contributed by atoms with van der Waals surface area (Å²) < 4.78 is 34.7. The number of halogens is 2. The maximum Gasteiger partial charge on any atom is 0.410 e. The summed E-state index contributed by atoms with van der Waals surface area (Å²) in [6, 6.07) is 17.2. The Balaban J connectivity index is 1.13. The minimum Gasteiger partial charge on any atom is -0.444 e. The minimum absolute atomic E-state index is 0.00193. The SMILES string of the molecule is CC(C)(C)OC(=O)N1CC[C@@H](C(=O)N2CCC(O)(Cn3cnc4c(ccn4-c4ccc(C(F)F)cc4)c3=O)CC2)[C@H](c2ccccc2)C1. The number of hydrogen-bond donors (Lipinski definition) is 1. The molecule has 2 aromatic heterocycles. The Bertz CT molecular complexity index is 1830. The van der Waals surface area contributed by atoms with Gasteiger partial charge in [0.2, 0.25) is 5.91 Å². The Kier molecular flexibility index (Phi) is 9.12. The third-order valence-corrected chi connectivity index (χ3v) is 9.37. The van der Waals surface area contributed by atoms with Crippen molar-refractivity contribution in [1.82, 2.24) is 23.9 Å². The quantitative estimate of drug-likeness (QED) is 0.292. The van der Waals surface area contributed by atoms with Crippen LogP contribution in [-0.2, 0) is 16.1 Å². The third-order valence-electron chi connectivity index (χ3n) is 9.37. The molecule has 4 heterocycles. The van der Waals surface area contributed by atoms with Crippen LogP contribution in [0.3, 0.4) is 0 Å². The van der Waals surface area contributed by atoms with Crippen LogP contribution in [0.1, 0.15) is 63.5 Å². The van der Waals surface area contributed by atoms with E-state index in [0.29, 0.717) is 49.3 Å². The zero-order chi connectivity index (χ0) is 34.2. The first-order chi connectivity index (χ1) is 22.8. The summed E-state index contributed by atoms with van der Waals surface area (Å²) in [5.41, 5.74) is -0.286. The van der Waals surface area contributed by atoms with Crippen molar-refractivity contribution in [2.45, 2.75) is 70.1 Å². The Morgan fingerprint density at radius 3 is 2.33 bits per heavy atom. The molecule has 2 aliphatic heterocycles. The predicted molar refractivity (Wildman–Crippen MR) is 176 cm³/mol. The molecule has 1 N–H and O–H groups in total. The lowest BCUT2D eigenvalue weighted by Crippen LogP contribution is -2.53. The number of ether oxygens (including phenoxy) is 1. The van der Waals surface area contributed by atoms with Gasteiger partial charge in [0, 0.05) is 55.5 Å². The van der Waals surface area contributed by atoms with Crippen LogP contribution < -0.4 is 5.56 Å². The van der Waals surface area contributed by atoms with Crippen molar-refractivity contribution in [3.8, 4) is 5.69 Å². The average Bonchev–Trinajstić information content (AvgIpc) is 3.50. The molecule has 0 bridgehead atoms. The first kappa shape index (κ1) is 33.3. The van der Waals surface area contributed by atoms with Crippen molar-refractivity contribution in [2.24, 2.45) is 5.92 Å². The van der Waals surface area contributed by atoms with Crippen LogP contribution in [0.25, 0.3) is 16.7 Å². The molecule has 254 valence electrons. The zero-order valence-electron chi connectivity index (χ0n) is 27.4. The lowest BCUT2D eigenvalue weighted by atomic mass is 9.79. The largest absolute Gasteiger partial charge is 0.444 e. The van der Waals surface area contributed by atoms with Gasteiger partial charge in [0.25, 0.3) is 12.0 Å². The Labute approximate surface area is 277 Å². The maximum atomic E-state index is 14.0. The molecule has 2 atom stereocenters. The number of aromatic nitrogens is 3. The van der Waals surface area contributed by atoms with Crippen molar-refractivity contribution < 1.29 is 28.2 Å². The van der Waals surface area contributed by atoms with Gasteiger partial charge in [-0.25, -0.2) is 18.6 Å². The predicted octanol–water partition coefficient (Wildman–Crippen LogP) is 5.52. The number of likely N-dealkylation sites (tertiary alicyclic amines) is 2. The molecule has 0 saturated carbocycles. The highest BCUT2D eigenvalue weighted by Crippen LogP contribution is 2.36. The molecule has 0 aliphatic carbocycles. The molecule has 0 spiro atoms. The number of nitrogens with zero attached hydrogens (tertiary/aromatic N) is 5. The molecule has 2 aromatic carbocycles. The summed E-state index contributed by atoms with van der Waals surface area (Å²) in [7, 11) is 0. The van der Waals surface area contributed by atoms with Crippen molar-refractivity contribution in [3.63, 3.8) is 0 Å². The summed E-state index contributed by atoms with van der Waals surface area (Å²) in [6.07, 6.45) is 1.17. The Morgan fingerprint density at radius 2 is 1.69 bits per heavy atom. The molecule has 10 nitrogen and oxygen atoms in total. The van der Waals surface area contributed by atoms with Crippen molar-refractivity contribution in [3.05, 3.63) is 94.7 Å². The number of amides is 2. The van der Waals surface area contributed by atoms with Crippen LogP contribution in [0.4, 0.5) is 13.6 Å². The highest BCUT2D eigenvalue weighted by Gasteiger charge is 2.42. The molecule has 4 aromatic rings. The molecular formula is C36H41F2N5O5. The van der Waals surface area contributed by atoms with Gasteiger partial charge >= 0.3 is 6.09 Å². The monoisotopic (exact) mass is 661 g/mol. The van der Waals surface area contributed by atoms with E-state index >= 15 is 0 Å². The number of alkyl halides is 2. The van der Waals surface area contributed by atoms with E-state index in [2.05, 4.69) is 4.98 Å². The first-order valence-corrected chi connectivity index (χ1v) is 16.3. The van der Waals surface area contributed by atoms with Crippen LogP contribution in [-0.4, -0.2) is 78.4 Å². The number of carbonyl (C=O) groups is 2.